The number of esters is 1. The fourth-order valence-electron chi connectivity index (χ4n) is 4.59. The number of ether oxygens (including phenoxy) is 2. The molecule has 1 amide bonds. The number of amides is 1. The molecule has 0 bridgehead atoms. The van der Waals surface area contributed by atoms with E-state index in [-0.39, 0.29) is 0 Å². The zero-order valence-electron chi connectivity index (χ0n) is 18.5. The van der Waals surface area contributed by atoms with Crippen LogP contribution in [0.5, 0.6) is 5.75 Å². The summed E-state index contributed by atoms with van der Waals surface area (Å²) in [6.07, 6.45) is 2.28. The van der Waals surface area contributed by atoms with Gasteiger partial charge < -0.3 is 20.1 Å². The van der Waals surface area contributed by atoms with Crippen molar-refractivity contribution in [2.45, 2.75) is 44.2 Å². The summed E-state index contributed by atoms with van der Waals surface area (Å²) >= 11 is 1.41. The maximum absolute atomic E-state index is 13.2. The van der Waals surface area contributed by atoms with Crippen molar-refractivity contribution in [2.75, 3.05) is 13.7 Å². The van der Waals surface area contributed by atoms with Crippen molar-refractivity contribution in [3.63, 3.8) is 0 Å². The molecule has 4 rings (SSSR count). The van der Waals surface area contributed by atoms with Crippen LogP contribution in [0.2, 0.25) is 0 Å². The first-order chi connectivity index (χ1) is 15.1. The lowest BCUT2D eigenvalue weighted by molar-refractivity contribution is -0.152. The molecule has 2 aromatic rings. The van der Waals surface area contributed by atoms with E-state index in [1.54, 1.807) is 32.9 Å². The summed E-state index contributed by atoms with van der Waals surface area (Å²) in [5.74, 6) is -0.575. The summed E-state index contributed by atoms with van der Waals surface area (Å²) in [5, 5.41) is 11.5. The van der Waals surface area contributed by atoms with Crippen molar-refractivity contribution in [1.82, 2.24) is 4.90 Å². The molecular formula is C24H25N3O4S. The number of rotatable bonds is 4. The summed E-state index contributed by atoms with van der Waals surface area (Å²) < 4.78 is 11.0. The smallest absolute Gasteiger partial charge is 0.354 e. The van der Waals surface area contributed by atoms with Crippen LogP contribution in [0.25, 0.3) is 0 Å². The Morgan fingerprint density at radius 3 is 2.66 bits per heavy atom. The first-order valence-electron chi connectivity index (χ1n) is 10.3. The predicted molar refractivity (Wildman–Crippen MR) is 120 cm³/mol. The lowest BCUT2D eigenvalue weighted by Crippen LogP contribution is -2.48. The summed E-state index contributed by atoms with van der Waals surface area (Å²) in [4.78, 5) is 28.9. The second-order valence-electron chi connectivity index (χ2n) is 8.95. The monoisotopic (exact) mass is 451 g/mol. The maximum atomic E-state index is 13.2. The van der Waals surface area contributed by atoms with E-state index in [4.69, 9.17) is 15.2 Å². The molecule has 0 saturated carbocycles. The van der Waals surface area contributed by atoms with E-state index in [0.717, 1.165) is 16.0 Å². The first-order valence-corrected chi connectivity index (χ1v) is 11.2. The zero-order valence-corrected chi connectivity index (χ0v) is 19.3. The van der Waals surface area contributed by atoms with E-state index in [0.29, 0.717) is 30.0 Å². The van der Waals surface area contributed by atoms with Crippen LogP contribution in [-0.4, -0.2) is 36.0 Å². The average molecular weight is 452 g/mol. The number of thiophene rings is 1. The van der Waals surface area contributed by atoms with E-state index >= 15 is 0 Å². The highest BCUT2D eigenvalue weighted by Gasteiger charge is 2.57. The highest BCUT2D eigenvalue weighted by Crippen LogP contribution is 2.54. The normalized spacial score (nSPS) is 21.8. The summed E-state index contributed by atoms with van der Waals surface area (Å²) in [6, 6.07) is 8.90. The van der Waals surface area contributed by atoms with Crippen LogP contribution >= 0.6 is 11.3 Å². The van der Waals surface area contributed by atoms with E-state index in [9.17, 15) is 14.9 Å². The minimum Gasteiger partial charge on any atom is -0.495 e. The van der Waals surface area contributed by atoms with E-state index in [1.807, 2.05) is 28.5 Å². The third-order valence-electron chi connectivity index (χ3n) is 5.86. The molecule has 2 unspecified atom stereocenters. The van der Waals surface area contributed by atoms with Gasteiger partial charge in [-0.2, -0.15) is 5.26 Å². The number of nitrogens with two attached hydrogens (primary N) is 1. The second kappa shape index (κ2) is 7.68. The number of nitriles is 1. The van der Waals surface area contributed by atoms with Gasteiger partial charge in [-0.05, 0) is 68.0 Å². The fraction of sp³-hybridized carbons (Fsp3) is 0.375. The van der Waals surface area contributed by atoms with Crippen molar-refractivity contribution >= 4 is 23.2 Å². The average Bonchev–Trinajstić information content (AvgIpc) is 3.38. The molecule has 2 aliphatic rings. The van der Waals surface area contributed by atoms with Gasteiger partial charge in [0.2, 0.25) is 5.91 Å². The molecule has 7 nitrogen and oxygen atoms in total. The van der Waals surface area contributed by atoms with Gasteiger partial charge in [0.05, 0.1) is 18.7 Å². The van der Waals surface area contributed by atoms with Gasteiger partial charge in [-0.25, -0.2) is 4.79 Å². The molecule has 2 atom stereocenters. The van der Waals surface area contributed by atoms with E-state index in [2.05, 4.69) is 6.07 Å². The Balaban J connectivity index is 1.96. The van der Waals surface area contributed by atoms with Gasteiger partial charge in [0.25, 0.3) is 0 Å². The Morgan fingerprint density at radius 1 is 1.34 bits per heavy atom. The number of primary amides is 1. The number of methoxy groups -OCH3 is 1. The van der Waals surface area contributed by atoms with Crippen molar-refractivity contribution in [3.8, 4) is 11.8 Å². The standard InChI is InChI=1S/C24H25N3O4S/c1-23(2,3)31-21(28)17-12-24(22(26)29,19-6-5-9-32-19)20-16-10-15(13-25)18(30-4)11-14(16)7-8-27(17)20/h5-6,9-12,20H,7-8H2,1-4H3,(H2,26,29). The van der Waals surface area contributed by atoms with Crippen molar-refractivity contribution < 1.29 is 19.1 Å². The molecule has 3 heterocycles. The van der Waals surface area contributed by atoms with Crippen molar-refractivity contribution in [1.29, 1.82) is 5.26 Å². The molecule has 8 heteroatoms. The first kappa shape index (κ1) is 21.9. The molecule has 0 spiro atoms. The van der Waals surface area contributed by atoms with Crippen LogP contribution in [0.1, 0.15) is 48.4 Å². The molecule has 2 aliphatic heterocycles. The minimum atomic E-state index is -1.27. The number of hydrogen-bond acceptors (Lipinski definition) is 7. The molecule has 1 aromatic carbocycles. The van der Waals surface area contributed by atoms with Crippen LogP contribution in [0.15, 0.2) is 41.4 Å². The summed E-state index contributed by atoms with van der Waals surface area (Å²) in [5.41, 5.74) is 6.53. The maximum Gasteiger partial charge on any atom is 0.354 e. The van der Waals surface area contributed by atoms with E-state index in [1.165, 1.54) is 18.4 Å². The lowest BCUT2D eigenvalue weighted by Gasteiger charge is -2.42. The summed E-state index contributed by atoms with van der Waals surface area (Å²) in [7, 11) is 1.52. The van der Waals surface area contributed by atoms with Crippen LogP contribution in [0.3, 0.4) is 0 Å². The Morgan fingerprint density at radius 2 is 2.09 bits per heavy atom. The molecule has 0 radical (unpaired) electrons. The fourth-order valence-corrected chi connectivity index (χ4v) is 5.51. The van der Waals surface area contributed by atoms with Crippen LogP contribution in [-0.2, 0) is 26.2 Å². The largest absolute Gasteiger partial charge is 0.495 e. The second-order valence-corrected chi connectivity index (χ2v) is 9.90. The third kappa shape index (κ3) is 3.33. The van der Waals surface area contributed by atoms with Gasteiger partial charge in [0.1, 0.15) is 28.5 Å². The molecule has 32 heavy (non-hydrogen) atoms. The third-order valence-corrected chi connectivity index (χ3v) is 6.88. The Hall–Kier alpha value is -3.31. The number of fused-ring (bicyclic) bond motifs is 3. The van der Waals surface area contributed by atoms with Gasteiger partial charge in [-0.1, -0.05) is 6.07 Å². The van der Waals surface area contributed by atoms with Gasteiger partial charge in [-0.3, -0.25) is 4.79 Å². The lowest BCUT2D eigenvalue weighted by atomic mass is 9.73. The van der Waals surface area contributed by atoms with Crippen LogP contribution in [0, 0.1) is 11.3 Å². The quantitative estimate of drug-likeness (QED) is 0.716. The van der Waals surface area contributed by atoms with Gasteiger partial charge in [0, 0.05) is 11.4 Å². The molecule has 1 aromatic heterocycles. The van der Waals surface area contributed by atoms with E-state index < -0.39 is 28.9 Å². The Bertz CT molecular complexity index is 1160. The summed E-state index contributed by atoms with van der Waals surface area (Å²) in [6.45, 7) is 5.90. The number of benzene rings is 1. The van der Waals surface area contributed by atoms with Crippen LogP contribution < -0.4 is 10.5 Å². The molecule has 2 N–H and O–H groups in total. The Kier molecular flexibility index (Phi) is 5.25. The SMILES string of the molecule is COc1cc2c(cc1C#N)C1N(CC2)C(C(=O)OC(C)(C)C)=CC1(C(N)=O)c1cccs1. The molecular weight excluding hydrogens is 426 g/mol. The predicted octanol–water partition coefficient (Wildman–Crippen LogP) is 3.19. The number of hydrogen-bond donors (Lipinski definition) is 1. The molecule has 0 fully saturated rings. The Labute approximate surface area is 191 Å². The van der Waals surface area contributed by atoms with Crippen molar-refractivity contribution in [2.24, 2.45) is 5.73 Å². The van der Waals surface area contributed by atoms with Gasteiger partial charge >= 0.3 is 5.97 Å². The highest BCUT2D eigenvalue weighted by molar-refractivity contribution is 7.10. The highest BCUT2D eigenvalue weighted by atomic mass is 32.1. The van der Waals surface area contributed by atoms with Crippen molar-refractivity contribution in [3.05, 3.63) is 63.0 Å². The molecule has 0 saturated heterocycles. The number of nitrogens with zero attached hydrogens (tertiary/aromatic N) is 2. The zero-order chi connectivity index (χ0) is 23.3. The van der Waals surface area contributed by atoms with Gasteiger partial charge in [0.15, 0.2) is 0 Å². The topological polar surface area (TPSA) is 106 Å². The molecule has 0 aliphatic carbocycles. The number of carbonyl (C=O) groups is 2. The van der Waals surface area contributed by atoms with Crippen LogP contribution in [0.4, 0.5) is 0 Å². The van der Waals surface area contributed by atoms with Gasteiger partial charge in [-0.15, -0.1) is 11.3 Å². The number of carbonyl (C=O) groups excluding carboxylic acids is 2. The minimum absolute atomic E-state index is 0.317. The molecule has 166 valence electrons.